The maximum atomic E-state index is 11.8. The van der Waals surface area contributed by atoms with Gasteiger partial charge in [0.2, 0.25) is 0 Å². The number of nitrogens with zero attached hydrogens (tertiary/aromatic N) is 2. The molecule has 1 N–H and O–H groups in total. The topological polar surface area (TPSA) is 43.8 Å². The Bertz CT molecular complexity index is 343. The van der Waals surface area contributed by atoms with E-state index in [1.165, 1.54) is 25.9 Å². The van der Waals surface area contributed by atoms with Gasteiger partial charge in [-0.05, 0) is 77.5 Å². The van der Waals surface area contributed by atoms with Gasteiger partial charge in [0.25, 0.3) is 0 Å². The number of hydrogen-bond acceptors (Lipinski definition) is 3. The first-order chi connectivity index (χ1) is 9.91. The molecule has 1 aliphatic heterocycles. The number of hydrogen-bond donors (Lipinski definition) is 1. The first kappa shape index (κ1) is 16.8. The third-order valence-electron chi connectivity index (χ3n) is 5.67. The molecule has 4 heteroatoms. The van der Waals surface area contributed by atoms with Gasteiger partial charge >= 0.3 is 5.97 Å². The second-order valence-electron chi connectivity index (χ2n) is 7.71. The van der Waals surface area contributed by atoms with Gasteiger partial charge in [-0.25, -0.2) is 0 Å². The van der Waals surface area contributed by atoms with E-state index < -0.39 is 11.4 Å². The summed E-state index contributed by atoms with van der Waals surface area (Å²) in [6.45, 7) is 6.38. The Morgan fingerprint density at radius 2 is 1.81 bits per heavy atom. The number of carboxylic acid groups (broad SMARTS) is 1. The lowest BCUT2D eigenvalue weighted by Crippen LogP contribution is -2.46. The summed E-state index contributed by atoms with van der Waals surface area (Å²) in [5.74, 6) is 0.848. The van der Waals surface area contributed by atoms with E-state index in [2.05, 4.69) is 30.8 Å². The van der Waals surface area contributed by atoms with Gasteiger partial charge in [-0.3, -0.25) is 4.79 Å². The van der Waals surface area contributed by atoms with Crippen LogP contribution in [0.1, 0.15) is 45.4 Å². The Morgan fingerprint density at radius 1 is 1.24 bits per heavy atom. The maximum absolute atomic E-state index is 11.8. The first-order valence-corrected chi connectivity index (χ1v) is 8.52. The Balaban J connectivity index is 1.87. The molecule has 21 heavy (non-hydrogen) atoms. The van der Waals surface area contributed by atoms with Crippen molar-refractivity contribution in [2.75, 3.05) is 40.3 Å². The van der Waals surface area contributed by atoms with Crippen LogP contribution in [0.5, 0.6) is 0 Å². The fourth-order valence-electron chi connectivity index (χ4n) is 4.02. The molecule has 0 amide bonds. The van der Waals surface area contributed by atoms with Crippen molar-refractivity contribution < 1.29 is 9.90 Å². The number of carboxylic acids is 1. The molecule has 0 aromatic carbocycles. The van der Waals surface area contributed by atoms with Gasteiger partial charge < -0.3 is 14.9 Å². The molecule has 1 aliphatic carbocycles. The lowest BCUT2D eigenvalue weighted by atomic mass is 9.70. The summed E-state index contributed by atoms with van der Waals surface area (Å²) >= 11 is 0. The van der Waals surface area contributed by atoms with E-state index in [9.17, 15) is 9.90 Å². The molecular formula is C17H32N2O2. The average Bonchev–Trinajstić information content (AvgIpc) is 2.44. The number of likely N-dealkylation sites (tertiary alicyclic amines) is 1. The standard InChI is InChI=1S/C17H32N2O2/c1-14-4-8-17(9-5-14,16(20)21)13-19(3)12-15-6-10-18(2)11-7-15/h14-15H,4-13H2,1-3H3,(H,20,21). The summed E-state index contributed by atoms with van der Waals surface area (Å²) in [5.41, 5.74) is -0.493. The monoisotopic (exact) mass is 296 g/mol. The van der Waals surface area contributed by atoms with Gasteiger partial charge in [0.1, 0.15) is 0 Å². The minimum absolute atomic E-state index is 0.493. The zero-order chi connectivity index (χ0) is 15.5. The highest BCUT2D eigenvalue weighted by molar-refractivity contribution is 5.75. The fraction of sp³-hybridized carbons (Fsp3) is 0.941. The second kappa shape index (κ2) is 7.10. The molecule has 0 aromatic rings. The highest BCUT2D eigenvalue weighted by Gasteiger charge is 2.42. The highest BCUT2D eigenvalue weighted by Crippen LogP contribution is 2.39. The zero-order valence-corrected chi connectivity index (χ0v) is 14.0. The molecule has 0 unspecified atom stereocenters. The van der Waals surface area contributed by atoms with Crippen molar-refractivity contribution in [1.82, 2.24) is 9.80 Å². The normalized spacial score (nSPS) is 32.5. The van der Waals surface area contributed by atoms with E-state index in [0.29, 0.717) is 5.92 Å². The SMILES string of the molecule is CC1CCC(CN(C)CC2CCN(C)CC2)(C(=O)O)CC1. The lowest BCUT2D eigenvalue weighted by Gasteiger charge is -2.40. The van der Waals surface area contributed by atoms with Gasteiger partial charge in [0.05, 0.1) is 5.41 Å². The predicted molar refractivity (Wildman–Crippen MR) is 85.4 cm³/mol. The number of aliphatic carboxylic acids is 1. The van der Waals surface area contributed by atoms with E-state index >= 15 is 0 Å². The van der Waals surface area contributed by atoms with Crippen molar-refractivity contribution >= 4 is 5.97 Å². The molecule has 122 valence electrons. The van der Waals surface area contributed by atoms with E-state index in [1.807, 2.05) is 0 Å². The Labute approximate surface area is 129 Å². The van der Waals surface area contributed by atoms with Gasteiger partial charge in [-0.1, -0.05) is 6.92 Å². The van der Waals surface area contributed by atoms with Crippen LogP contribution in [0.3, 0.4) is 0 Å². The Kier molecular flexibility index (Phi) is 5.67. The molecule has 0 atom stereocenters. The van der Waals surface area contributed by atoms with Gasteiger partial charge in [-0.15, -0.1) is 0 Å². The minimum Gasteiger partial charge on any atom is -0.481 e. The van der Waals surface area contributed by atoms with Crippen LogP contribution in [0.15, 0.2) is 0 Å². The molecule has 2 rings (SSSR count). The van der Waals surface area contributed by atoms with E-state index in [-0.39, 0.29) is 0 Å². The summed E-state index contributed by atoms with van der Waals surface area (Å²) in [6, 6.07) is 0. The van der Waals surface area contributed by atoms with Crippen molar-refractivity contribution in [3.05, 3.63) is 0 Å². The van der Waals surface area contributed by atoms with Crippen molar-refractivity contribution in [3.8, 4) is 0 Å². The summed E-state index contributed by atoms with van der Waals surface area (Å²) < 4.78 is 0. The van der Waals surface area contributed by atoms with Crippen LogP contribution in [0.25, 0.3) is 0 Å². The van der Waals surface area contributed by atoms with E-state index in [0.717, 1.165) is 44.7 Å². The van der Waals surface area contributed by atoms with Crippen molar-refractivity contribution in [2.24, 2.45) is 17.3 Å². The molecule has 1 saturated heterocycles. The highest BCUT2D eigenvalue weighted by atomic mass is 16.4. The van der Waals surface area contributed by atoms with E-state index in [1.54, 1.807) is 0 Å². The molecule has 2 fully saturated rings. The van der Waals surface area contributed by atoms with Crippen molar-refractivity contribution in [1.29, 1.82) is 0 Å². The molecule has 4 nitrogen and oxygen atoms in total. The van der Waals surface area contributed by atoms with Crippen LogP contribution in [0.4, 0.5) is 0 Å². The van der Waals surface area contributed by atoms with Gasteiger partial charge in [0.15, 0.2) is 0 Å². The van der Waals surface area contributed by atoms with Crippen LogP contribution >= 0.6 is 0 Å². The third kappa shape index (κ3) is 4.43. The molecule has 0 bridgehead atoms. The Hall–Kier alpha value is -0.610. The van der Waals surface area contributed by atoms with Crippen molar-refractivity contribution in [2.45, 2.75) is 45.4 Å². The molecule has 0 spiro atoms. The van der Waals surface area contributed by atoms with Crippen molar-refractivity contribution in [3.63, 3.8) is 0 Å². The molecule has 1 heterocycles. The van der Waals surface area contributed by atoms with Crippen LogP contribution in [-0.4, -0.2) is 61.2 Å². The number of rotatable bonds is 5. The Morgan fingerprint density at radius 3 is 2.33 bits per heavy atom. The van der Waals surface area contributed by atoms with Gasteiger partial charge in [0, 0.05) is 13.1 Å². The summed E-state index contributed by atoms with van der Waals surface area (Å²) in [5, 5.41) is 9.73. The van der Waals surface area contributed by atoms with Gasteiger partial charge in [-0.2, -0.15) is 0 Å². The molecule has 1 saturated carbocycles. The average molecular weight is 296 g/mol. The smallest absolute Gasteiger partial charge is 0.310 e. The maximum Gasteiger partial charge on any atom is 0.310 e. The zero-order valence-electron chi connectivity index (χ0n) is 14.0. The summed E-state index contributed by atoms with van der Waals surface area (Å²) in [4.78, 5) is 16.5. The largest absolute Gasteiger partial charge is 0.481 e. The second-order valence-corrected chi connectivity index (χ2v) is 7.71. The van der Waals surface area contributed by atoms with Crippen LogP contribution < -0.4 is 0 Å². The minimum atomic E-state index is -0.579. The fourth-order valence-corrected chi connectivity index (χ4v) is 4.02. The molecule has 0 aromatic heterocycles. The number of piperidine rings is 1. The van der Waals surface area contributed by atoms with Crippen LogP contribution in [-0.2, 0) is 4.79 Å². The van der Waals surface area contributed by atoms with Crippen LogP contribution in [0.2, 0.25) is 0 Å². The first-order valence-electron chi connectivity index (χ1n) is 8.52. The number of carbonyl (C=O) groups is 1. The summed E-state index contributed by atoms with van der Waals surface area (Å²) in [7, 11) is 4.30. The molecule has 2 aliphatic rings. The third-order valence-corrected chi connectivity index (χ3v) is 5.67. The van der Waals surface area contributed by atoms with Crippen LogP contribution in [0, 0.1) is 17.3 Å². The quantitative estimate of drug-likeness (QED) is 0.847. The van der Waals surface area contributed by atoms with E-state index in [4.69, 9.17) is 0 Å². The predicted octanol–water partition coefficient (Wildman–Crippen LogP) is 2.54. The molecular weight excluding hydrogens is 264 g/mol. The molecule has 0 radical (unpaired) electrons. The summed E-state index contributed by atoms with van der Waals surface area (Å²) in [6.07, 6.45) is 6.32. The lowest BCUT2D eigenvalue weighted by molar-refractivity contribution is -0.153.